The van der Waals surface area contributed by atoms with Crippen LogP contribution in [0.1, 0.15) is 39.0 Å². The number of rotatable bonds is 7. The van der Waals surface area contributed by atoms with E-state index < -0.39 is 5.38 Å². The van der Waals surface area contributed by atoms with Crippen LogP contribution in [0.3, 0.4) is 0 Å². The minimum atomic E-state index is -0.510. The lowest BCUT2D eigenvalue weighted by atomic mass is 10.0. The molecular weight excluding hydrogens is 320 g/mol. The summed E-state index contributed by atoms with van der Waals surface area (Å²) in [5.74, 6) is 0.368. The van der Waals surface area contributed by atoms with Gasteiger partial charge in [0.1, 0.15) is 5.38 Å². The van der Waals surface area contributed by atoms with Crippen molar-refractivity contribution in [2.75, 3.05) is 0 Å². The molecule has 0 unspecified atom stereocenters. The summed E-state index contributed by atoms with van der Waals surface area (Å²) in [6.07, 6.45) is 2.06. The van der Waals surface area contributed by atoms with Gasteiger partial charge in [-0.15, -0.1) is 11.6 Å². The monoisotopic (exact) mass is 346 g/mol. The fourth-order valence-electron chi connectivity index (χ4n) is 2.71. The predicted octanol–water partition coefficient (Wildman–Crippen LogP) is 4.54. The second-order valence-electron chi connectivity index (χ2n) is 6.68. The topological polar surface area (TPSA) is 25.2 Å². The molecule has 0 N–H and O–H groups in total. The van der Waals surface area contributed by atoms with Gasteiger partial charge in [0.25, 0.3) is 0 Å². The molecule has 1 aromatic carbocycles. The van der Waals surface area contributed by atoms with Crippen molar-refractivity contribution >= 4 is 17.5 Å². The molecule has 1 aromatic heterocycles. The summed E-state index contributed by atoms with van der Waals surface area (Å²) in [5.41, 5.74) is 2.37. The number of carbonyl (C=O) groups is 1. The molecule has 4 heteroatoms. The van der Waals surface area contributed by atoms with Gasteiger partial charge in [0.05, 0.1) is 6.54 Å². The lowest BCUT2D eigenvalue weighted by molar-refractivity contribution is -0.134. The molecule has 2 rings (SSSR count). The Bertz CT molecular complexity index is 649. The van der Waals surface area contributed by atoms with E-state index in [0.717, 1.165) is 12.2 Å². The minimum Gasteiger partial charge on any atom is -0.345 e. The first-order chi connectivity index (χ1) is 11.4. The molecule has 0 aliphatic rings. The number of benzene rings is 1. The molecule has 0 aliphatic heterocycles. The average Bonchev–Trinajstić information content (AvgIpc) is 2.99. The van der Waals surface area contributed by atoms with Crippen LogP contribution in [0.15, 0.2) is 48.7 Å². The fourth-order valence-corrected chi connectivity index (χ4v) is 2.84. The maximum absolute atomic E-state index is 12.6. The van der Waals surface area contributed by atoms with E-state index >= 15 is 0 Å². The van der Waals surface area contributed by atoms with Crippen LogP contribution < -0.4 is 0 Å². The third-order valence-corrected chi connectivity index (χ3v) is 4.72. The highest BCUT2D eigenvalue weighted by molar-refractivity contribution is 6.30. The third kappa shape index (κ3) is 4.64. The molecule has 1 heterocycles. The molecule has 0 radical (unpaired) electrons. The van der Waals surface area contributed by atoms with Gasteiger partial charge in [0, 0.05) is 24.5 Å². The fraction of sp³-hybridized carbons (Fsp3) is 0.450. The van der Waals surface area contributed by atoms with Gasteiger partial charge in [-0.25, -0.2) is 0 Å². The zero-order chi connectivity index (χ0) is 17.7. The molecular formula is C20H27ClN2O. The smallest absolute Gasteiger partial charge is 0.240 e. The number of halogens is 1. The quantitative estimate of drug-likeness (QED) is 0.676. The van der Waals surface area contributed by atoms with Gasteiger partial charge in [0.15, 0.2) is 0 Å². The van der Waals surface area contributed by atoms with Crippen molar-refractivity contribution in [1.29, 1.82) is 0 Å². The van der Waals surface area contributed by atoms with Gasteiger partial charge in [-0.2, -0.15) is 0 Å². The van der Waals surface area contributed by atoms with Gasteiger partial charge in [-0.3, -0.25) is 4.79 Å². The van der Waals surface area contributed by atoms with Crippen LogP contribution in [0, 0.1) is 5.92 Å². The number of hydrogen-bond donors (Lipinski definition) is 0. The Morgan fingerprint density at radius 1 is 1.08 bits per heavy atom. The van der Waals surface area contributed by atoms with Crippen LogP contribution in [-0.4, -0.2) is 26.8 Å². The van der Waals surface area contributed by atoms with E-state index in [2.05, 4.69) is 49.7 Å². The van der Waals surface area contributed by atoms with Crippen LogP contribution in [0.2, 0.25) is 0 Å². The van der Waals surface area contributed by atoms with E-state index in [0.29, 0.717) is 12.5 Å². The number of amides is 1. The van der Waals surface area contributed by atoms with Crippen LogP contribution in [0.25, 0.3) is 0 Å². The van der Waals surface area contributed by atoms with Crippen molar-refractivity contribution in [2.24, 2.45) is 5.92 Å². The third-order valence-electron chi connectivity index (χ3n) is 4.53. The molecule has 0 saturated heterocycles. The van der Waals surface area contributed by atoms with E-state index in [1.54, 1.807) is 6.92 Å². The largest absolute Gasteiger partial charge is 0.345 e. The summed E-state index contributed by atoms with van der Waals surface area (Å²) >= 11 is 6.08. The highest BCUT2D eigenvalue weighted by atomic mass is 35.5. The average molecular weight is 347 g/mol. The van der Waals surface area contributed by atoms with Gasteiger partial charge in [0.2, 0.25) is 5.91 Å². The van der Waals surface area contributed by atoms with E-state index in [1.807, 2.05) is 29.2 Å². The first-order valence-corrected chi connectivity index (χ1v) is 8.96. The van der Waals surface area contributed by atoms with E-state index in [4.69, 9.17) is 11.6 Å². The van der Waals surface area contributed by atoms with Gasteiger partial charge in [-0.05, 0) is 37.5 Å². The number of alkyl halides is 1. The second kappa shape index (κ2) is 8.39. The Morgan fingerprint density at radius 3 is 2.33 bits per heavy atom. The predicted molar refractivity (Wildman–Crippen MR) is 100 cm³/mol. The van der Waals surface area contributed by atoms with Gasteiger partial charge >= 0.3 is 0 Å². The molecule has 0 saturated carbocycles. The molecule has 1 amide bonds. The summed E-state index contributed by atoms with van der Waals surface area (Å²) in [6, 6.07) is 14.6. The molecule has 0 fully saturated rings. The molecule has 0 aliphatic carbocycles. The summed E-state index contributed by atoms with van der Waals surface area (Å²) in [4.78, 5) is 14.5. The van der Waals surface area contributed by atoms with Gasteiger partial charge in [-0.1, -0.05) is 44.2 Å². The first-order valence-electron chi connectivity index (χ1n) is 8.52. The number of nitrogens with zero attached hydrogens (tertiary/aromatic N) is 2. The van der Waals surface area contributed by atoms with Crippen molar-refractivity contribution < 1.29 is 4.79 Å². The molecule has 0 spiro atoms. The van der Waals surface area contributed by atoms with Gasteiger partial charge < -0.3 is 9.47 Å². The SMILES string of the molecule is CC(C)[C@@H](C)N(Cc1cccn1Cc1ccccc1)C(=O)[C@H](C)Cl. The number of aromatic nitrogens is 1. The van der Waals surface area contributed by atoms with Crippen molar-refractivity contribution in [3.8, 4) is 0 Å². The van der Waals surface area contributed by atoms with E-state index in [-0.39, 0.29) is 11.9 Å². The number of hydrogen-bond acceptors (Lipinski definition) is 1. The first kappa shape index (κ1) is 18.6. The normalized spacial score (nSPS) is 13.8. The Morgan fingerprint density at radius 2 is 1.75 bits per heavy atom. The molecule has 3 nitrogen and oxygen atoms in total. The highest BCUT2D eigenvalue weighted by Crippen LogP contribution is 2.18. The van der Waals surface area contributed by atoms with Crippen LogP contribution in [0.5, 0.6) is 0 Å². The standard InChI is InChI=1S/C20H27ClN2O/c1-15(2)17(4)23(20(24)16(3)21)14-19-11-8-12-22(19)13-18-9-6-5-7-10-18/h5-12,15-17H,13-14H2,1-4H3/t16-,17+/m0/s1. The lowest BCUT2D eigenvalue weighted by Crippen LogP contribution is -2.44. The molecule has 130 valence electrons. The second-order valence-corrected chi connectivity index (χ2v) is 7.33. The Hall–Kier alpha value is -1.74. The highest BCUT2D eigenvalue weighted by Gasteiger charge is 2.26. The zero-order valence-electron chi connectivity index (χ0n) is 14.9. The lowest BCUT2D eigenvalue weighted by Gasteiger charge is -2.33. The van der Waals surface area contributed by atoms with Crippen molar-refractivity contribution in [3.05, 3.63) is 59.9 Å². The Labute approximate surface area is 150 Å². The molecule has 2 atom stereocenters. The maximum atomic E-state index is 12.6. The summed E-state index contributed by atoms with van der Waals surface area (Å²) in [7, 11) is 0. The Balaban J connectivity index is 2.21. The molecule has 0 bridgehead atoms. The minimum absolute atomic E-state index is 0.00896. The summed E-state index contributed by atoms with van der Waals surface area (Å²) < 4.78 is 2.20. The zero-order valence-corrected chi connectivity index (χ0v) is 15.7. The Kier molecular flexibility index (Phi) is 6.50. The van der Waals surface area contributed by atoms with Crippen LogP contribution >= 0.6 is 11.6 Å². The number of carbonyl (C=O) groups excluding carboxylic acids is 1. The van der Waals surface area contributed by atoms with Crippen molar-refractivity contribution in [3.63, 3.8) is 0 Å². The van der Waals surface area contributed by atoms with E-state index in [9.17, 15) is 4.79 Å². The summed E-state index contributed by atoms with van der Waals surface area (Å²) in [6.45, 7) is 9.48. The molecule has 24 heavy (non-hydrogen) atoms. The van der Waals surface area contributed by atoms with Crippen LogP contribution in [0.4, 0.5) is 0 Å². The maximum Gasteiger partial charge on any atom is 0.240 e. The molecule has 2 aromatic rings. The van der Waals surface area contributed by atoms with Crippen LogP contribution in [-0.2, 0) is 17.9 Å². The van der Waals surface area contributed by atoms with Crippen molar-refractivity contribution in [1.82, 2.24) is 9.47 Å². The van der Waals surface area contributed by atoms with Crippen molar-refractivity contribution in [2.45, 2.75) is 52.2 Å². The van der Waals surface area contributed by atoms with E-state index in [1.165, 1.54) is 5.56 Å². The summed E-state index contributed by atoms with van der Waals surface area (Å²) in [5, 5.41) is -0.510.